The van der Waals surface area contributed by atoms with Gasteiger partial charge in [0.1, 0.15) is 12.1 Å². The lowest BCUT2D eigenvalue weighted by Gasteiger charge is -2.32. The standard InChI is InChI=1S/C17H22N6O.2ClH/c24-17(14-1-2-16(20-11-14)23-10-6-19-13-23)22-7-3-15(12-22)21-8-4-18-5-9-21;;/h1-2,6,10-11,13,15,18H,3-5,7-9,12H2;2*1H. The van der Waals surface area contributed by atoms with Crippen LogP contribution in [0.2, 0.25) is 0 Å². The van der Waals surface area contributed by atoms with Gasteiger partial charge in [0.2, 0.25) is 0 Å². The smallest absolute Gasteiger partial charge is 0.255 e. The summed E-state index contributed by atoms with van der Waals surface area (Å²) < 4.78 is 1.82. The van der Waals surface area contributed by atoms with Gasteiger partial charge in [-0.2, -0.15) is 0 Å². The number of pyridine rings is 1. The largest absolute Gasteiger partial charge is 0.337 e. The Morgan fingerprint density at radius 1 is 1.15 bits per heavy atom. The number of imidazole rings is 1. The molecule has 2 aromatic heterocycles. The van der Waals surface area contributed by atoms with Gasteiger partial charge in [-0.3, -0.25) is 14.3 Å². The molecule has 2 saturated heterocycles. The molecule has 0 spiro atoms. The molecule has 0 aromatic carbocycles. The first-order valence-corrected chi connectivity index (χ1v) is 8.50. The first-order chi connectivity index (χ1) is 11.8. The summed E-state index contributed by atoms with van der Waals surface area (Å²) in [4.78, 5) is 25.6. The van der Waals surface area contributed by atoms with Gasteiger partial charge in [-0.1, -0.05) is 0 Å². The minimum atomic E-state index is 0. The molecule has 0 saturated carbocycles. The van der Waals surface area contributed by atoms with Gasteiger partial charge >= 0.3 is 0 Å². The highest BCUT2D eigenvalue weighted by Crippen LogP contribution is 2.18. The van der Waals surface area contributed by atoms with Crippen molar-refractivity contribution in [1.29, 1.82) is 0 Å². The van der Waals surface area contributed by atoms with Crippen molar-refractivity contribution >= 4 is 30.7 Å². The molecule has 2 aromatic rings. The van der Waals surface area contributed by atoms with E-state index < -0.39 is 0 Å². The maximum absolute atomic E-state index is 12.7. The van der Waals surface area contributed by atoms with Crippen LogP contribution < -0.4 is 5.32 Å². The zero-order valence-corrected chi connectivity index (χ0v) is 16.1. The van der Waals surface area contributed by atoms with Gasteiger partial charge in [-0.15, -0.1) is 24.8 Å². The van der Waals surface area contributed by atoms with E-state index in [9.17, 15) is 4.79 Å². The number of carbonyl (C=O) groups excluding carboxylic acids is 1. The lowest BCUT2D eigenvalue weighted by atomic mass is 10.2. The Bertz CT molecular complexity index is 688. The summed E-state index contributed by atoms with van der Waals surface area (Å²) in [5, 5.41) is 3.38. The second-order valence-electron chi connectivity index (χ2n) is 6.35. The van der Waals surface area contributed by atoms with Crippen LogP contribution in [0.15, 0.2) is 37.1 Å². The Morgan fingerprint density at radius 3 is 2.62 bits per heavy atom. The molecule has 142 valence electrons. The highest BCUT2D eigenvalue weighted by Gasteiger charge is 2.31. The minimum absolute atomic E-state index is 0. The second-order valence-corrected chi connectivity index (χ2v) is 6.35. The van der Waals surface area contributed by atoms with E-state index in [0.717, 1.165) is 51.5 Å². The number of piperazine rings is 1. The maximum atomic E-state index is 12.7. The third-order valence-corrected chi connectivity index (χ3v) is 4.88. The number of carbonyl (C=O) groups is 1. The van der Waals surface area contributed by atoms with Crippen LogP contribution in [0.25, 0.3) is 5.82 Å². The van der Waals surface area contributed by atoms with E-state index in [1.165, 1.54) is 0 Å². The van der Waals surface area contributed by atoms with Crippen LogP contribution in [0.5, 0.6) is 0 Å². The molecule has 9 heteroatoms. The lowest BCUT2D eigenvalue weighted by Crippen LogP contribution is -2.49. The summed E-state index contributed by atoms with van der Waals surface area (Å²) in [6, 6.07) is 4.20. The van der Waals surface area contributed by atoms with Crippen molar-refractivity contribution in [3.05, 3.63) is 42.6 Å². The molecule has 0 bridgehead atoms. The Morgan fingerprint density at radius 2 is 1.96 bits per heavy atom. The van der Waals surface area contributed by atoms with E-state index in [1.807, 2.05) is 27.8 Å². The molecule has 0 aliphatic carbocycles. The Hall–Kier alpha value is -1.67. The molecular formula is C17H24Cl2N6O. The minimum Gasteiger partial charge on any atom is -0.337 e. The fourth-order valence-corrected chi connectivity index (χ4v) is 3.51. The lowest BCUT2D eigenvalue weighted by molar-refractivity contribution is 0.0773. The third-order valence-electron chi connectivity index (χ3n) is 4.88. The van der Waals surface area contributed by atoms with Crippen LogP contribution in [-0.4, -0.2) is 75.6 Å². The van der Waals surface area contributed by atoms with Crippen LogP contribution in [0.4, 0.5) is 0 Å². The molecule has 7 nitrogen and oxygen atoms in total. The first-order valence-electron chi connectivity index (χ1n) is 8.50. The number of nitrogens with one attached hydrogen (secondary N) is 1. The SMILES string of the molecule is Cl.Cl.O=C(c1ccc(-n2ccnc2)nc1)N1CCC(N2CCNCC2)C1. The van der Waals surface area contributed by atoms with E-state index in [-0.39, 0.29) is 30.7 Å². The molecular weight excluding hydrogens is 375 g/mol. The molecule has 2 aliphatic heterocycles. The van der Waals surface area contributed by atoms with Crippen LogP contribution in [0.3, 0.4) is 0 Å². The molecule has 4 rings (SSSR count). The van der Waals surface area contributed by atoms with Crippen molar-refractivity contribution in [2.24, 2.45) is 0 Å². The van der Waals surface area contributed by atoms with Gasteiger partial charge in [0.15, 0.2) is 0 Å². The van der Waals surface area contributed by atoms with Gasteiger partial charge < -0.3 is 10.2 Å². The summed E-state index contributed by atoms with van der Waals surface area (Å²) >= 11 is 0. The fourth-order valence-electron chi connectivity index (χ4n) is 3.51. The average molecular weight is 399 g/mol. The average Bonchev–Trinajstić information content (AvgIpc) is 3.34. The summed E-state index contributed by atoms with van der Waals surface area (Å²) in [5.74, 6) is 0.849. The second kappa shape index (κ2) is 9.32. The van der Waals surface area contributed by atoms with Crippen molar-refractivity contribution in [3.63, 3.8) is 0 Å². The van der Waals surface area contributed by atoms with E-state index in [2.05, 4.69) is 20.2 Å². The van der Waals surface area contributed by atoms with E-state index in [0.29, 0.717) is 11.6 Å². The van der Waals surface area contributed by atoms with Crippen molar-refractivity contribution in [2.75, 3.05) is 39.3 Å². The molecule has 1 amide bonds. The predicted molar refractivity (Wildman–Crippen MR) is 105 cm³/mol. The van der Waals surface area contributed by atoms with E-state index in [4.69, 9.17) is 0 Å². The van der Waals surface area contributed by atoms with Gasteiger partial charge in [-0.25, -0.2) is 9.97 Å². The zero-order valence-electron chi connectivity index (χ0n) is 14.5. The summed E-state index contributed by atoms with van der Waals surface area (Å²) in [5.41, 5.74) is 0.653. The van der Waals surface area contributed by atoms with E-state index >= 15 is 0 Å². The summed E-state index contributed by atoms with van der Waals surface area (Å²) in [6.45, 7) is 5.90. The molecule has 0 radical (unpaired) electrons. The highest BCUT2D eigenvalue weighted by molar-refractivity contribution is 5.94. The van der Waals surface area contributed by atoms with E-state index in [1.54, 1.807) is 18.7 Å². The maximum Gasteiger partial charge on any atom is 0.255 e. The number of amides is 1. The molecule has 1 atom stereocenters. The van der Waals surface area contributed by atoms with Gasteiger partial charge in [0.05, 0.1) is 5.56 Å². The quantitative estimate of drug-likeness (QED) is 0.841. The molecule has 4 heterocycles. The molecule has 1 unspecified atom stereocenters. The Labute approximate surface area is 165 Å². The van der Waals surface area contributed by atoms with Crippen LogP contribution in [-0.2, 0) is 0 Å². The first kappa shape index (κ1) is 20.6. The van der Waals surface area contributed by atoms with Crippen molar-refractivity contribution < 1.29 is 4.79 Å². The molecule has 1 N–H and O–H groups in total. The number of halogens is 2. The van der Waals surface area contributed by atoms with Crippen LogP contribution in [0.1, 0.15) is 16.8 Å². The number of aromatic nitrogens is 3. The van der Waals surface area contributed by atoms with Gasteiger partial charge in [0.25, 0.3) is 5.91 Å². The summed E-state index contributed by atoms with van der Waals surface area (Å²) in [6.07, 6.45) is 7.97. The van der Waals surface area contributed by atoms with Crippen molar-refractivity contribution in [3.8, 4) is 5.82 Å². The van der Waals surface area contributed by atoms with Gasteiger partial charge in [0, 0.05) is 63.9 Å². The van der Waals surface area contributed by atoms with Crippen LogP contribution >= 0.6 is 24.8 Å². The number of likely N-dealkylation sites (tertiary alicyclic amines) is 1. The highest BCUT2D eigenvalue weighted by atomic mass is 35.5. The fraction of sp³-hybridized carbons (Fsp3) is 0.471. The normalized spacial score (nSPS) is 20.3. The monoisotopic (exact) mass is 398 g/mol. The predicted octanol–water partition coefficient (Wildman–Crippen LogP) is 1.23. The zero-order chi connectivity index (χ0) is 16.4. The third kappa shape index (κ3) is 4.35. The van der Waals surface area contributed by atoms with Crippen molar-refractivity contribution in [1.82, 2.24) is 29.7 Å². The molecule has 26 heavy (non-hydrogen) atoms. The number of hydrogen-bond donors (Lipinski definition) is 1. The number of hydrogen-bond acceptors (Lipinski definition) is 5. The molecule has 2 aliphatic rings. The van der Waals surface area contributed by atoms with Gasteiger partial charge in [-0.05, 0) is 18.6 Å². The molecule has 2 fully saturated rings. The number of nitrogens with zero attached hydrogens (tertiary/aromatic N) is 5. The van der Waals surface area contributed by atoms with Crippen LogP contribution in [0, 0.1) is 0 Å². The Kier molecular flexibility index (Phi) is 7.40. The summed E-state index contributed by atoms with van der Waals surface area (Å²) in [7, 11) is 0. The number of rotatable bonds is 3. The topological polar surface area (TPSA) is 66.3 Å². The van der Waals surface area contributed by atoms with Crippen molar-refractivity contribution in [2.45, 2.75) is 12.5 Å². The Balaban J connectivity index is 0.00000121.